The topological polar surface area (TPSA) is 24.9 Å². The minimum atomic E-state index is -1.32. The first-order valence-corrected chi connectivity index (χ1v) is 5.57. The van der Waals surface area contributed by atoms with Crippen LogP contribution in [0.2, 0.25) is 0 Å². The zero-order chi connectivity index (χ0) is 12.0. The highest BCUT2D eigenvalue weighted by Crippen LogP contribution is 2.14. The Morgan fingerprint density at radius 2 is 2.12 bits per heavy atom. The minimum Gasteiger partial charge on any atom is -0.367 e. The lowest BCUT2D eigenvalue weighted by molar-refractivity contribution is 0.466. The SMILES string of the molecule is C#CCSCCNc1nc(F)c(F)cc1F. The van der Waals surface area contributed by atoms with Crippen molar-refractivity contribution in [2.75, 3.05) is 23.4 Å². The lowest BCUT2D eigenvalue weighted by atomic mass is 10.4. The third-order valence-electron chi connectivity index (χ3n) is 1.61. The Kier molecular flexibility index (Phi) is 4.99. The average Bonchev–Trinajstić information content (AvgIpc) is 2.25. The molecule has 16 heavy (non-hydrogen) atoms. The summed E-state index contributed by atoms with van der Waals surface area (Å²) in [5, 5.41) is 2.56. The number of terminal acetylenes is 1. The molecule has 1 rings (SSSR count). The summed E-state index contributed by atoms with van der Waals surface area (Å²) in [5.74, 6) is -0.217. The van der Waals surface area contributed by atoms with Gasteiger partial charge in [-0.1, -0.05) is 5.92 Å². The number of thioether (sulfide) groups is 1. The van der Waals surface area contributed by atoms with Gasteiger partial charge < -0.3 is 5.32 Å². The Labute approximate surface area is 95.6 Å². The van der Waals surface area contributed by atoms with E-state index in [1.54, 1.807) is 0 Å². The van der Waals surface area contributed by atoms with Crippen molar-refractivity contribution in [3.63, 3.8) is 0 Å². The fourth-order valence-corrected chi connectivity index (χ4v) is 1.45. The van der Waals surface area contributed by atoms with Gasteiger partial charge in [-0.2, -0.15) is 9.37 Å². The average molecular weight is 246 g/mol. The summed E-state index contributed by atoms with van der Waals surface area (Å²) in [6, 6.07) is 0.458. The van der Waals surface area contributed by atoms with E-state index in [-0.39, 0.29) is 5.82 Å². The molecule has 1 aromatic heterocycles. The van der Waals surface area contributed by atoms with E-state index in [0.29, 0.717) is 24.1 Å². The number of halogens is 3. The molecule has 1 N–H and O–H groups in total. The molecule has 0 saturated carbocycles. The van der Waals surface area contributed by atoms with Gasteiger partial charge in [0.05, 0.1) is 5.75 Å². The van der Waals surface area contributed by atoms with Gasteiger partial charge in [0.1, 0.15) is 0 Å². The summed E-state index contributed by atoms with van der Waals surface area (Å²) in [6.45, 7) is 0.376. The van der Waals surface area contributed by atoms with Crippen molar-refractivity contribution in [3.8, 4) is 12.3 Å². The van der Waals surface area contributed by atoms with Crippen LogP contribution < -0.4 is 5.32 Å². The molecule has 1 aromatic rings. The molecule has 0 radical (unpaired) electrons. The molecule has 6 heteroatoms. The van der Waals surface area contributed by atoms with Crippen LogP contribution in [0.4, 0.5) is 19.0 Å². The standard InChI is InChI=1S/C10H9F3N2S/c1-2-4-16-5-3-14-10-8(12)6-7(11)9(13)15-10/h1,6H,3-5H2,(H,14,15). The molecular weight excluding hydrogens is 237 g/mol. The lowest BCUT2D eigenvalue weighted by Gasteiger charge is -2.05. The van der Waals surface area contributed by atoms with Crippen LogP contribution in [-0.4, -0.2) is 23.0 Å². The Bertz CT molecular complexity index is 404. The molecule has 0 aliphatic heterocycles. The van der Waals surface area contributed by atoms with Crippen molar-refractivity contribution in [1.29, 1.82) is 0 Å². The predicted octanol–water partition coefficient (Wildman–Crippen LogP) is 2.28. The summed E-state index contributed by atoms with van der Waals surface area (Å²) in [7, 11) is 0. The Morgan fingerprint density at radius 1 is 1.38 bits per heavy atom. The maximum atomic E-state index is 13.0. The minimum absolute atomic E-state index is 0.291. The summed E-state index contributed by atoms with van der Waals surface area (Å²) in [5.41, 5.74) is 0. The van der Waals surface area contributed by atoms with Crippen LogP contribution in [0.15, 0.2) is 6.07 Å². The molecule has 0 aromatic carbocycles. The van der Waals surface area contributed by atoms with Crippen LogP contribution in [0.5, 0.6) is 0 Å². The van der Waals surface area contributed by atoms with Crippen molar-refractivity contribution < 1.29 is 13.2 Å². The molecule has 0 aliphatic carbocycles. The van der Waals surface area contributed by atoms with E-state index in [4.69, 9.17) is 6.42 Å². The number of hydrogen-bond donors (Lipinski definition) is 1. The molecule has 86 valence electrons. The largest absolute Gasteiger partial charge is 0.367 e. The maximum Gasteiger partial charge on any atom is 0.251 e. The molecule has 0 aliphatic rings. The van der Waals surface area contributed by atoms with E-state index >= 15 is 0 Å². The molecule has 0 unspecified atom stereocenters. The van der Waals surface area contributed by atoms with E-state index in [9.17, 15) is 13.2 Å². The maximum absolute atomic E-state index is 13.0. The predicted molar refractivity (Wildman–Crippen MR) is 58.8 cm³/mol. The molecule has 0 bridgehead atoms. The molecule has 0 amide bonds. The smallest absolute Gasteiger partial charge is 0.251 e. The first kappa shape index (κ1) is 12.7. The van der Waals surface area contributed by atoms with Gasteiger partial charge in [-0.05, 0) is 0 Å². The Hall–Kier alpha value is -1.35. The van der Waals surface area contributed by atoms with Gasteiger partial charge in [-0.15, -0.1) is 18.2 Å². The second-order valence-electron chi connectivity index (χ2n) is 2.77. The molecule has 0 saturated heterocycles. The third-order valence-corrected chi connectivity index (χ3v) is 2.47. The van der Waals surface area contributed by atoms with Crippen LogP contribution >= 0.6 is 11.8 Å². The second-order valence-corrected chi connectivity index (χ2v) is 3.88. The van der Waals surface area contributed by atoms with Crippen LogP contribution in [0.1, 0.15) is 0 Å². The third kappa shape index (κ3) is 3.66. The first-order chi connectivity index (χ1) is 7.65. The van der Waals surface area contributed by atoms with Crippen molar-refractivity contribution in [2.45, 2.75) is 0 Å². The molecule has 1 heterocycles. The highest BCUT2D eigenvalue weighted by atomic mass is 32.2. The van der Waals surface area contributed by atoms with E-state index < -0.39 is 17.6 Å². The zero-order valence-electron chi connectivity index (χ0n) is 8.27. The number of hydrogen-bond acceptors (Lipinski definition) is 3. The zero-order valence-corrected chi connectivity index (χ0v) is 9.08. The fourth-order valence-electron chi connectivity index (χ4n) is 0.941. The lowest BCUT2D eigenvalue weighted by Crippen LogP contribution is -2.09. The number of aromatic nitrogens is 1. The summed E-state index contributed by atoms with van der Waals surface area (Å²) in [6.07, 6.45) is 5.03. The van der Waals surface area contributed by atoms with Gasteiger partial charge >= 0.3 is 0 Å². The van der Waals surface area contributed by atoms with Crippen LogP contribution in [-0.2, 0) is 0 Å². The van der Waals surface area contributed by atoms with Gasteiger partial charge in [0, 0.05) is 18.4 Å². The highest BCUT2D eigenvalue weighted by molar-refractivity contribution is 7.99. The molecule has 2 nitrogen and oxygen atoms in total. The second kappa shape index (κ2) is 6.28. The number of anilines is 1. The number of nitrogens with one attached hydrogen (secondary N) is 1. The van der Waals surface area contributed by atoms with Gasteiger partial charge in [0.2, 0.25) is 0 Å². The van der Waals surface area contributed by atoms with Crippen molar-refractivity contribution >= 4 is 17.6 Å². The fraction of sp³-hybridized carbons (Fsp3) is 0.300. The van der Waals surface area contributed by atoms with Crippen LogP contribution in [0.3, 0.4) is 0 Å². The monoisotopic (exact) mass is 246 g/mol. The number of rotatable bonds is 5. The number of nitrogens with zero attached hydrogens (tertiary/aromatic N) is 1. The number of pyridine rings is 1. The van der Waals surface area contributed by atoms with Crippen molar-refractivity contribution in [1.82, 2.24) is 4.98 Å². The molecule has 0 spiro atoms. The Balaban J connectivity index is 2.48. The molecule has 0 fully saturated rings. The van der Waals surface area contributed by atoms with E-state index in [1.807, 2.05) is 0 Å². The van der Waals surface area contributed by atoms with Crippen LogP contribution in [0, 0.1) is 29.9 Å². The quantitative estimate of drug-likeness (QED) is 0.490. The highest BCUT2D eigenvalue weighted by Gasteiger charge is 2.10. The van der Waals surface area contributed by atoms with Crippen molar-refractivity contribution in [2.24, 2.45) is 0 Å². The summed E-state index contributed by atoms with van der Waals surface area (Å²) >= 11 is 1.47. The van der Waals surface area contributed by atoms with Gasteiger partial charge in [-0.25, -0.2) is 8.78 Å². The van der Waals surface area contributed by atoms with E-state index in [2.05, 4.69) is 16.2 Å². The summed E-state index contributed by atoms with van der Waals surface area (Å²) < 4.78 is 38.2. The molecule has 0 atom stereocenters. The van der Waals surface area contributed by atoms with Crippen LogP contribution in [0.25, 0.3) is 0 Å². The normalized spacial score (nSPS) is 9.88. The van der Waals surface area contributed by atoms with Crippen molar-refractivity contribution in [3.05, 3.63) is 23.6 Å². The first-order valence-electron chi connectivity index (χ1n) is 4.41. The van der Waals surface area contributed by atoms with E-state index in [1.165, 1.54) is 11.8 Å². The summed E-state index contributed by atoms with van der Waals surface area (Å²) in [4.78, 5) is 3.11. The van der Waals surface area contributed by atoms with Gasteiger partial charge in [0.15, 0.2) is 17.5 Å². The molecular formula is C10H9F3N2S. The Morgan fingerprint density at radius 3 is 2.81 bits per heavy atom. The van der Waals surface area contributed by atoms with Gasteiger partial charge in [0.25, 0.3) is 5.95 Å². The van der Waals surface area contributed by atoms with E-state index in [0.717, 1.165) is 0 Å². The van der Waals surface area contributed by atoms with Gasteiger partial charge in [-0.3, -0.25) is 0 Å².